The number of rotatable bonds is 1. The van der Waals surface area contributed by atoms with E-state index < -0.39 is 0 Å². The monoisotopic (exact) mass is 634 g/mol. The molecule has 2 aromatic heterocycles. The van der Waals surface area contributed by atoms with Crippen LogP contribution in [0, 0.1) is 17.3 Å². The minimum Gasteiger partial charge on any atom is -0.237 e. The predicted molar refractivity (Wildman–Crippen MR) is 180 cm³/mol. The van der Waals surface area contributed by atoms with Crippen LogP contribution in [0.25, 0.3) is 22.1 Å². The number of aromatic nitrogens is 4. The van der Waals surface area contributed by atoms with Crippen LogP contribution < -0.4 is 0 Å². The van der Waals surface area contributed by atoms with E-state index in [1.807, 2.05) is 0 Å². The van der Waals surface area contributed by atoms with Gasteiger partial charge >= 0.3 is 0 Å². The van der Waals surface area contributed by atoms with Crippen molar-refractivity contribution in [3.63, 3.8) is 0 Å². The molecule has 0 fully saturated rings. The van der Waals surface area contributed by atoms with Gasteiger partial charge in [-0.15, -0.1) is 0 Å². The molecule has 5 atom stereocenters. The summed E-state index contributed by atoms with van der Waals surface area (Å²) in [7, 11) is 0. The summed E-state index contributed by atoms with van der Waals surface area (Å²) in [5.41, 5.74) is 10.2. The Morgan fingerprint density at radius 2 is 1.12 bits per heavy atom. The molecule has 0 spiro atoms. The molecule has 0 amide bonds. The van der Waals surface area contributed by atoms with E-state index in [2.05, 4.69) is 76.3 Å². The van der Waals surface area contributed by atoms with Gasteiger partial charge in [0.2, 0.25) is 0 Å². The summed E-state index contributed by atoms with van der Waals surface area (Å²) in [6, 6.07) is 9.34. The second kappa shape index (κ2) is 8.93. The van der Waals surface area contributed by atoms with Crippen LogP contribution >= 0.6 is 47.0 Å². The molecule has 0 saturated carbocycles. The summed E-state index contributed by atoms with van der Waals surface area (Å²) in [5, 5.41) is 4.10. The van der Waals surface area contributed by atoms with Crippen molar-refractivity contribution < 1.29 is 0 Å². The van der Waals surface area contributed by atoms with Gasteiger partial charge in [-0.25, -0.2) is 19.9 Å². The average molecular weight is 635 g/mol. The molecule has 4 aromatic rings. The van der Waals surface area contributed by atoms with Gasteiger partial charge in [0.05, 0.1) is 30.5 Å². The Balaban J connectivity index is 0.983. The van der Waals surface area contributed by atoms with Gasteiger partial charge in [-0.3, -0.25) is 0 Å². The van der Waals surface area contributed by atoms with Gasteiger partial charge in [-0.1, -0.05) is 99.0 Å². The maximum absolute atomic E-state index is 5.17. The molecule has 0 saturated heterocycles. The van der Waals surface area contributed by atoms with Gasteiger partial charge in [0.15, 0.2) is 0 Å². The Morgan fingerprint density at radius 1 is 0.628 bits per heavy atom. The molecule has 0 radical (unpaired) electrons. The minimum absolute atomic E-state index is 0.289. The van der Waals surface area contributed by atoms with Crippen molar-refractivity contribution in [1.29, 1.82) is 0 Å². The minimum atomic E-state index is 0.289. The normalized spacial score (nSPS) is 30.4. The lowest BCUT2D eigenvalue weighted by Gasteiger charge is -2.45. The van der Waals surface area contributed by atoms with Crippen molar-refractivity contribution >= 4 is 69.1 Å². The van der Waals surface area contributed by atoms with Gasteiger partial charge in [-0.2, -0.15) is 0 Å². The Bertz CT molecular complexity index is 2040. The molecule has 8 aliphatic rings. The molecule has 214 valence electrons. The molecular weight excluding hydrogens is 605 g/mol. The smallest absolute Gasteiger partial charge is 0.135 e. The second-order valence-corrected chi connectivity index (χ2v) is 18.4. The molecule has 2 aliphatic heterocycles. The first-order valence-corrected chi connectivity index (χ1v) is 18.6. The van der Waals surface area contributed by atoms with Crippen LogP contribution in [0.4, 0.5) is 0 Å². The Kier molecular flexibility index (Phi) is 5.40. The van der Waals surface area contributed by atoms with Crippen LogP contribution in [0.1, 0.15) is 86.5 Å². The van der Waals surface area contributed by atoms with Gasteiger partial charge in [0, 0.05) is 23.7 Å². The zero-order valence-electron chi connectivity index (χ0n) is 24.4. The number of nitrogens with zero attached hydrogens (tertiary/aromatic N) is 4. The first-order valence-electron chi connectivity index (χ1n) is 15.3. The fourth-order valence-corrected chi connectivity index (χ4v) is 13.3. The maximum Gasteiger partial charge on any atom is 0.135 e. The van der Waals surface area contributed by atoms with Crippen LogP contribution in [0.15, 0.2) is 77.1 Å². The van der Waals surface area contributed by atoms with Crippen LogP contribution in [0.2, 0.25) is 0 Å². The molecule has 8 heteroatoms. The quantitative estimate of drug-likeness (QED) is 0.192. The highest BCUT2D eigenvalue weighted by atomic mass is 32.2. The third-order valence-corrected chi connectivity index (χ3v) is 15.8. The maximum atomic E-state index is 5.17. The summed E-state index contributed by atoms with van der Waals surface area (Å²) in [4.78, 5) is 20.6. The Hall–Kier alpha value is -2.26. The van der Waals surface area contributed by atoms with E-state index in [9.17, 15) is 0 Å². The topological polar surface area (TPSA) is 51.6 Å². The van der Waals surface area contributed by atoms with Crippen molar-refractivity contribution in [2.24, 2.45) is 17.3 Å². The number of hydrogen-bond donors (Lipinski definition) is 0. The van der Waals surface area contributed by atoms with E-state index >= 15 is 0 Å². The van der Waals surface area contributed by atoms with Gasteiger partial charge in [0.1, 0.15) is 20.1 Å². The molecule has 6 aliphatic carbocycles. The van der Waals surface area contributed by atoms with Crippen LogP contribution in [0.5, 0.6) is 0 Å². The number of thioether (sulfide) groups is 4. The number of hydrogen-bond acceptors (Lipinski definition) is 8. The number of benzene rings is 2. The average Bonchev–Trinajstić information content (AvgIpc) is 3.60. The van der Waals surface area contributed by atoms with Crippen LogP contribution in [-0.2, 0) is 0 Å². The molecule has 4 nitrogen and oxygen atoms in total. The zero-order chi connectivity index (χ0) is 28.8. The van der Waals surface area contributed by atoms with Crippen molar-refractivity contribution in [2.45, 2.75) is 84.3 Å². The molecular formula is C35H30N4S4. The molecule has 4 bridgehead atoms. The lowest BCUT2D eigenvalue weighted by molar-refractivity contribution is 0.251. The molecule has 12 rings (SSSR count). The van der Waals surface area contributed by atoms with E-state index in [0.29, 0.717) is 35.5 Å². The number of fused-ring (bicyclic) bond motifs is 6. The van der Waals surface area contributed by atoms with Crippen LogP contribution in [0.3, 0.4) is 0 Å². The van der Waals surface area contributed by atoms with Gasteiger partial charge in [-0.05, 0) is 76.6 Å². The summed E-state index contributed by atoms with van der Waals surface area (Å²) in [5.74, 6) is 3.36. The molecule has 5 unspecified atom stereocenters. The summed E-state index contributed by atoms with van der Waals surface area (Å²) >= 11 is 7.03. The van der Waals surface area contributed by atoms with Crippen molar-refractivity contribution in [3.8, 4) is 0 Å². The standard InChI is InChI=1S/C35H30N4S4/c1-15(2)19-9-16-5-7-18(19)22-12-27-25(10-20(16)22)36-29-31(38-27)42-33(40-29)34-41-30-32(43-34)39-28-13-23-21(11-26(28)37-30)17-6-8-24(23)35(3,4)14-17/h5-8,10-13,15-19,24H,9,14H2,1-4H3. The Morgan fingerprint density at radius 3 is 1.65 bits per heavy atom. The summed E-state index contributed by atoms with van der Waals surface area (Å²) in [6.45, 7) is 9.55. The van der Waals surface area contributed by atoms with E-state index in [0.717, 1.165) is 42.2 Å². The predicted octanol–water partition coefficient (Wildman–Crippen LogP) is 10.4. The van der Waals surface area contributed by atoms with Gasteiger partial charge < -0.3 is 0 Å². The largest absolute Gasteiger partial charge is 0.237 e. The fourth-order valence-electron chi connectivity index (χ4n) is 8.40. The number of allylic oxidation sites excluding steroid dienone is 4. The Labute approximate surface area is 268 Å². The highest BCUT2D eigenvalue weighted by molar-refractivity contribution is 8.30. The molecule has 2 aromatic carbocycles. The third-order valence-electron chi connectivity index (χ3n) is 10.5. The zero-order valence-corrected chi connectivity index (χ0v) is 27.7. The lowest BCUT2D eigenvalue weighted by atomic mass is 9.59. The summed E-state index contributed by atoms with van der Waals surface area (Å²) in [6.07, 6.45) is 12.2. The van der Waals surface area contributed by atoms with Gasteiger partial charge in [0.25, 0.3) is 0 Å². The summed E-state index contributed by atoms with van der Waals surface area (Å²) < 4.78 is 2.50. The van der Waals surface area contributed by atoms with E-state index in [4.69, 9.17) is 19.9 Å². The van der Waals surface area contributed by atoms with Crippen molar-refractivity contribution in [2.75, 3.05) is 0 Å². The molecule has 43 heavy (non-hydrogen) atoms. The fraction of sp³-hybridized carbons (Fsp3) is 0.371. The van der Waals surface area contributed by atoms with Crippen molar-refractivity contribution in [3.05, 3.63) is 79.3 Å². The molecule has 4 heterocycles. The SMILES string of the molecule is CC(C)C1CC2C=CC1c1cc3nc4c(nc3cc12)SC(=C1Sc2nc3cc5c(cc3nc2S1)C1C=CC5CC1(C)C)S4. The third kappa shape index (κ3) is 3.76. The first kappa shape index (κ1) is 26.0. The highest BCUT2D eigenvalue weighted by Crippen LogP contribution is 2.61. The highest BCUT2D eigenvalue weighted by Gasteiger charge is 2.42. The second-order valence-electron chi connectivity index (χ2n) is 13.9. The van der Waals surface area contributed by atoms with E-state index in [1.54, 1.807) is 47.0 Å². The molecule has 0 N–H and O–H groups in total. The lowest BCUT2D eigenvalue weighted by Crippen LogP contribution is -2.32. The first-order chi connectivity index (χ1) is 20.8. The van der Waals surface area contributed by atoms with Crippen molar-refractivity contribution in [1.82, 2.24) is 19.9 Å². The van der Waals surface area contributed by atoms with Crippen LogP contribution in [-0.4, -0.2) is 19.9 Å². The van der Waals surface area contributed by atoms with E-state index in [-0.39, 0.29) is 5.41 Å². The van der Waals surface area contributed by atoms with E-state index in [1.165, 1.54) is 43.6 Å².